The van der Waals surface area contributed by atoms with Gasteiger partial charge in [0.2, 0.25) is 0 Å². The third-order valence-corrected chi connectivity index (χ3v) is 4.92. The average Bonchev–Trinajstić information content (AvgIpc) is 3.02. The lowest BCUT2D eigenvalue weighted by Gasteiger charge is -1.79. The molecule has 84 valence electrons. The second kappa shape index (κ2) is 5.00. The van der Waals surface area contributed by atoms with Crippen molar-refractivity contribution in [1.29, 1.82) is 0 Å². The molecule has 0 bridgehead atoms. The van der Waals surface area contributed by atoms with Gasteiger partial charge in [-0.1, -0.05) is 12.1 Å². The second-order valence-corrected chi connectivity index (χ2v) is 6.67. The fourth-order valence-electron chi connectivity index (χ4n) is 1.55. The van der Waals surface area contributed by atoms with E-state index in [2.05, 4.69) is 59.3 Å². The smallest absolute Gasteiger partial charge is 0.0290 e. The fraction of sp³-hybridized carbons (Fsp3) is 0. The first kappa shape index (κ1) is 11.0. The van der Waals surface area contributed by atoms with Crippen molar-refractivity contribution in [2.45, 2.75) is 0 Å². The van der Waals surface area contributed by atoms with Gasteiger partial charge in [0.15, 0.2) is 0 Å². The minimum absolute atomic E-state index is 1.31. The van der Waals surface area contributed by atoms with Crippen LogP contribution in [0.2, 0.25) is 0 Å². The van der Waals surface area contributed by atoms with Gasteiger partial charge in [0, 0.05) is 18.8 Å². The summed E-state index contributed by atoms with van der Waals surface area (Å²) < 4.78 is 2.63. The molecule has 0 unspecified atom stereocenters. The second-order valence-electron chi connectivity index (χ2n) is 3.56. The van der Waals surface area contributed by atoms with E-state index < -0.39 is 0 Å². The molecule has 3 rings (SSSR count). The molecule has 0 spiro atoms. The normalized spacial score (nSPS) is 13.4. The monoisotopic (exact) mass is 274 g/mol. The molecule has 0 radical (unpaired) electrons. The van der Waals surface area contributed by atoms with E-state index in [0.29, 0.717) is 0 Å². The lowest BCUT2D eigenvalue weighted by molar-refractivity contribution is 1.83. The molecule has 17 heavy (non-hydrogen) atoms. The highest BCUT2D eigenvalue weighted by Gasteiger charge is 1.91. The molecule has 0 aliphatic carbocycles. The summed E-state index contributed by atoms with van der Waals surface area (Å²) in [7, 11) is 0. The quantitative estimate of drug-likeness (QED) is 0.670. The zero-order chi connectivity index (χ0) is 11.5. The number of hydrogen-bond acceptors (Lipinski definition) is 3. The maximum atomic E-state index is 2.24. The lowest BCUT2D eigenvalue weighted by atomic mass is 10.4. The molecule has 3 aromatic rings. The Bertz CT molecular complexity index is 624. The van der Waals surface area contributed by atoms with Gasteiger partial charge in [-0.05, 0) is 47.2 Å². The van der Waals surface area contributed by atoms with Gasteiger partial charge >= 0.3 is 0 Å². The molecular formula is C14H10S3. The van der Waals surface area contributed by atoms with Crippen molar-refractivity contribution >= 4 is 46.2 Å². The predicted octanol–water partition coefficient (Wildman–Crippen LogP) is 3.53. The van der Waals surface area contributed by atoms with Crippen molar-refractivity contribution < 1.29 is 0 Å². The van der Waals surface area contributed by atoms with E-state index in [4.69, 9.17) is 0 Å². The third-order valence-electron chi connectivity index (χ3n) is 2.30. The van der Waals surface area contributed by atoms with Crippen LogP contribution in [0.3, 0.4) is 0 Å². The molecule has 0 saturated carbocycles. The lowest BCUT2D eigenvalue weighted by Crippen LogP contribution is -1.91. The van der Waals surface area contributed by atoms with Crippen LogP contribution in [0.5, 0.6) is 0 Å². The van der Waals surface area contributed by atoms with Crippen LogP contribution in [0, 0.1) is 0 Å². The summed E-state index contributed by atoms with van der Waals surface area (Å²) in [5.41, 5.74) is 0. The van der Waals surface area contributed by atoms with Gasteiger partial charge in [-0.15, -0.1) is 34.0 Å². The Morgan fingerprint density at radius 3 is 1.65 bits per heavy atom. The molecule has 0 aromatic carbocycles. The van der Waals surface area contributed by atoms with Crippen LogP contribution in [0.4, 0.5) is 0 Å². The van der Waals surface area contributed by atoms with E-state index in [1.54, 1.807) is 22.7 Å². The maximum Gasteiger partial charge on any atom is 0.0290 e. The first-order chi connectivity index (χ1) is 8.40. The Hall–Kier alpha value is -1.16. The van der Waals surface area contributed by atoms with E-state index in [-0.39, 0.29) is 0 Å². The van der Waals surface area contributed by atoms with Gasteiger partial charge in [0.25, 0.3) is 0 Å². The average molecular weight is 274 g/mol. The highest BCUT2D eigenvalue weighted by atomic mass is 32.1. The summed E-state index contributed by atoms with van der Waals surface area (Å²) in [5, 5.41) is 4.22. The van der Waals surface area contributed by atoms with Gasteiger partial charge in [-0.3, -0.25) is 0 Å². The van der Waals surface area contributed by atoms with Crippen LogP contribution in [0.25, 0.3) is 12.2 Å². The van der Waals surface area contributed by atoms with Gasteiger partial charge in [-0.2, -0.15) is 0 Å². The largest absolute Gasteiger partial charge is 0.144 e. The van der Waals surface area contributed by atoms with E-state index in [0.717, 1.165) is 0 Å². The molecule has 0 amide bonds. The van der Waals surface area contributed by atoms with E-state index in [1.807, 2.05) is 11.3 Å². The third kappa shape index (κ3) is 2.75. The van der Waals surface area contributed by atoms with Crippen molar-refractivity contribution in [3.05, 3.63) is 66.0 Å². The Kier molecular flexibility index (Phi) is 3.22. The first-order valence-corrected chi connectivity index (χ1v) is 7.84. The van der Waals surface area contributed by atoms with Crippen molar-refractivity contribution in [2.24, 2.45) is 0 Å². The van der Waals surface area contributed by atoms with E-state index in [9.17, 15) is 0 Å². The van der Waals surface area contributed by atoms with Gasteiger partial charge in [0.05, 0.1) is 0 Å². The van der Waals surface area contributed by atoms with E-state index >= 15 is 0 Å². The first-order valence-electron chi connectivity index (χ1n) is 5.26. The molecule has 0 aliphatic heterocycles. The molecule has 0 saturated heterocycles. The number of thiophene rings is 3. The summed E-state index contributed by atoms with van der Waals surface area (Å²) >= 11 is 5.38. The Labute approximate surface area is 112 Å². The SMILES string of the molecule is C(c1cccs1)=c1ccc(=Cc2cccs2)s1. The summed E-state index contributed by atoms with van der Waals surface area (Å²) in [4.78, 5) is 2.63. The molecule has 3 heteroatoms. The van der Waals surface area contributed by atoms with Crippen molar-refractivity contribution in [2.75, 3.05) is 0 Å². The Morgan fingerprint density at radius 1 is 0.706 bits per heavy atom. The van der Waals surface area contributed by atoms with Gasteiger partial charge in [0.1, 0.15) is 0 Å². The molecule has 3 aromatic heterocycles. The summed E-state index contributed by atoms with van der Waals surface area (Å²) in [6, 6.07) is 12.8. The van der Waals surface area contributed by atoms with Crippen molar-refractivity contribution in [1.82, 2.24) is 0 Å². The predicted molar refractivity (Wildman–Crippen MR) is 79.3 cm³/mol. The summed E-state index contributed by atoms with van der Waals surface area (Å²) in [5.74, 6) is 0. The Balaban J connectivity index is 1.99. The minimum atomic E-state index is 1.31. The highest BCUT2D eigenvalue weighted by molar-refractivity contribution is 7.12. The molecule has 0 nitrogen and oxygen atoms in total. The topological polar surface area (TPSA) is 0 Å². The fourth-order valence-corrected chi connectivity index (χ4v) is 3.95. The van der Waals surface area contributed by atoms with Crippen LogP contribution >= 0.6 is 34.0 Å². The molecular weight excluding hydrogens is 264 g/mol. The molecule has 0 fully saturated rings. The highest BCUT2D eigenvalue weighted by Crippen LogP contribution is 2.10. The zero-order valence-electron chi connectivity index (χ0n) is 9.00. The van der Waals surface area contributed by atoms with E-state index in [1.165, 1.54) is 18.8 Å². The molecule has 0 N–H and O–H groups in total. The van der Waals surface area contributed by atoms with Crippen molar-refractivity contribution in [3.63, 3.8) is 0 Å². The maximum absolute atomic E-state index is 2.24. The standard InChI is InChI=1S/C14H10S3/c1-3-11(15-7-1)9-13-5-6-14(17-13)10-12-4-2-8-16-12/h1-10H. The summed E-state index contributed by atoms with van der Waals surface area (Å²) in [6.07, 6.45) is 4.47. The van der Waals surface area contributed by atoms with Gasteiger partial charge in [-0.25, -0.2) is 0 Å². The Morgan fingerprint density at radius 2 is 1.24 bits per heavy atom. The van der Waals surface area contributed by atoms with Crippen LogP contribution in [-0.4, -0.2) is 0 Å². The van der Waals surface area contributed by atoms with Crippen LogP contribution < -0.4 is 9.06 Å². The number of rotatable bonds is 2. The van der Waals surface area contributed by atoms with Gasteiger partial charge < -0.3 is 0 Å². The van der Waals surface area contributed by atoms with Crippen LogP contribution in [0.1, 0.15) is 9.75 Å². The van der Waals surface area contributed by atoms with Crippen LogP contribution in [-0.2, 0) is 0 Å². The molecule has 0 aliphatic rings. The number of hydrogen-bond donors (Lipinski definition) is 0. The minimum Gasteiger partial charge on any atom is -0.144 e. The van der Waals surface area contributed by atoms with Crippen molar-refractivity contribution in [3.8, 4) is 0 Å². The van der Waals surface area contributed by atoms with Crippen LogP contribution in [0.15, 0.2) is 47.2 Å². The molecule has 3 heterocycles. The summed E-state index contributed by atoms with van der Waals surface area (Å²) in [6.45, 7) is 0. The zero-order valence-corrected chi connectivity index (χ0v) is 11.4. The molecule has 0 atom stereocenters.